The monoisotopic (exact) mass is 437 g/mol. The van der Waals surface area contributed by atoms with E-state index in [1.54, 1.807) is 41.9 Å². The molecule has 1 aliphatic heterocycles. The second-order valence-corrected chi connectivity index (χ2v) is 8.44. The fourth-order valence-electron chi connectivity index (χ4n) is 4.63. The summed E-state index contributed by atoms with van der Waals surface area (Å²) in [5.41, 5.74) is 2.65. The van der Waals surface area contributed by atoms with Gasteiger partial charge in [-0.3, -0.25) is 19.7 Å². The van der Waals surface area contributed by atoms with E-state index >= 15 is 0 Å². The van der Waals surface area contributed by atoms with Crippen molar-refractivity contribution in [3.8, 4) is 11.1 Å². The predicted molar refractivity (Wildman–Crippen MR) is 116 cm³/mol. The van der Waals surface area contributed by atoms with Crippen LogP contribution in [0.3, 0.4) is 0 Å². The van der Waals surface area contributed by atoms with Gasteiger partial charge >= 0.3 is 0 Å². The van der Waals surface area contributed by atoms with E-state index in [2.05, 4.69) is 10.6 Å². The van der Waals surface area contributed by atoms with Gasteiger partial charge in [0.15, 0.2) is 0 Å². The Balaban J connectivity index is 1.70. The number of hydrogen-bond acceptors (Lipinski definition) is 4. The van der Waals surface area contributed by atoms with E-state index in [9.17, 15) is 19.5 Å². The molecule has 1 saturated carbocycles. The molecule has 0 bridgehead atoms. The molecule has 0 spiro atoms. The Labute approximate surface area is 183 Å². The number of aliphatic hydroxyl groups excluding tert-OH is 1. The third-order valence-corrected chi connectivity index (χ3v) is 6.55. The van der Waals surface area contributed by atoms with Crippen LogP contribution in [0.2, 0.25) is 5.02 Å². The van der Waals surface area contributed by atoms with Crippen molar-refractivity contribution in [1.29, 1.82) is 0 Å². The first-order valence-electron chi connectivity index (χ1n) is 10.1. The summed E-state index contributed by atoms with van der Waals surface area (Å²) in [5, 5.41) is 16.3. The number of halogens is 1. The summed E-state index contributed by atoms with van der Waals surface area (Å²) in [7, 11) is 1.74. The minimum atomic E-state index is -0.557. The van der Waals surface area contributed by atoms with Crippen LogP contribution in [0.4, 0.5) is 0 Å². The number of nitrogens with one attached hydrogen (secondary N) is 2. The fourth-order valence-corrected chi connectivity index (χ4v) is 4.87. The highest BCUT2D eigenvalue weighted by molar-refractivity contribution is 6.35. The van der Waals surface area contributed by atoms with Gasteiger partial charge in [-0.1, -0.05) is 29.8 Å². The fraction of sp³-hybridized carbons (Fsp3) is 0.261. The second-order valence-electron chi connectivity index (χ2n) is 8.04. The van der Waals surface area contributed by atoms with Crippen molar-refractivity contribution in [3.63, 3.8) is 0 Å². The Morgan fingerprint density at radius 1 is 1.13 bits per heavy atom. The number of hydrogen-bond donors (Lipinski definition) is 3. The van der Waals surface area contributed by atoms with Gasteiger partial charge in [0.2, 0.25) is 0 Å². The molecule has 3 aromatic rings. The molecule has 31 heavy (non-hydrogen) atoms. The van der Waals surface area contributed by atoms with Crippen LogP contribution in [0.25, 0.3) is 22.0 Å². The van der Waals surface area contributed by atoms with Gasteiger partial charge in [-0.05, 0) is 43.0 Å². The van der Waals surface area contributed by atoms with Crippen LogP contribution in [-0.2, 0) is 7.05 Å². The topological polar surface area (TPSA) is 100 Å². The van der Waals surface area contributed by atoms with Crippen LogP contribution in [0, 0.1) is 0 Å². The molecule has 7 nitrogen and oxygen atoms in total. The Morgan fingerprint density at radius 3 is 2.58 bits per heavy atom. The maximum Gasteiger partial charge on any atom is 0.268 e. The molecule has 1 aliphatic carbocycles. The van der Waals surface area contributed by atoms with Crippen molar-refractivity contribution in [2.45, 2.75) is 31.4 Å². The quantitative estimate of drug-likeness (QED) is 0.548. The molecule has 2 aliphatic rings. The van der Waals surface area contributed by atoms with Gasteiger partial charge in [-0.25, -0.2) is 0 Å². The van der Waals surface area contributed by atoms with Crippen molar-refractivity contribution >= 4 is 40.2 Å². The van der Waals surface area contributed by atoms with Gasteiger partial charge in [0.05, 0.1) is 23.3 Å². The third kappa shape index (κ3) is 3.04. The number of imide groups is 1. The first-order valence-corrected chi connectivity index (χ1v) is 10.5. The van der Waals surface area contributed by atoms with Crippen molar-refractivity contribution in [2.24, 2.45) is 7.05 Å². The molecule has 1 fully saturated rings. The lowest BCUT2D eigenvalue weighted by atomic mass is 9.94. The lowest BCUT2D eigenvalue weighted by Crippen LogP contribution is -2.40. The summed E-state index contributed by atoms with van der Waals surface area (Å²) in [6.07, 6.45) is 1.69. The van der Waals surface area contributed by atoms with E-state index in [1.807, 2.05) is 6.07 Å². The van der Waals surface area contributed by atoms with Gasteiger partial charge in [0, 0.05) is 28.5 Å². The van der Waals surface area contributed by atoms with Crippen molar-refractivity contribution < 1.29 is 19.5 Å². The lowest BCUT2D eigenvalue weighted by Gasteiger charge is -2.16. The van der Waals surface area contributed by atoms with E-state index in [4.69, 9.17) is 11.6 Å². The molecular formula is C23H20ClN3O4. The summed E-state index contributed by atoms with van der Waals surface area (Å²) in [5.74, 6) is -1.31. The first-order chi connectivity index (χ1) is 14.9. The number of carbonyl (C=O) groups is 3. The average molecular weight is 438 g/mol. The smallest absolute Gasteiger partial charge is 0.268 e. The summed E-state index contributed by atoms with van der Waals surface area (Å²) >= 11 is 6.39. The van der Waals surface area contributed by atoms with Gasteiger partial charge in [0.1, 0.15) is 5.69 Å². The number of carbonyl (C=O) groups excluding carboxylic acids is 3. The largest absolute Gasteiger partial charge is 0.391 e. The van der Waals surface area contributed by atoms with Crippen LogP contribution in [0.5, 0.6) is 0 Å². The summed E-state index contributed by atoms with van der Waals surface area (Å²) in [6.45, 7) is 0. The van der Waals surface area contributed by atoms with Crippen LogP contribution >= 0.6 is 11.6 Å². The standard InChI is InChI=1S/C23H20ClN3O4/c1-27-16-9-12(11-5-2-3-6-14(11)24)19-20(23(31)26-22(19)30)13(16)10-17(27)21(29)25-15-7-4-8-18(15)28/h2-3,5-6,9-10,15,18,28H,4,7-8H2,1H3,(H,25,29)(H,26,30,31). The number of aromatic nitrogens is 1. The van der Waals surface area contributed by atoms with E-state index in [0.29, 0.717) is 39.2 Å². The van der Waals surface area contributed by atoms with E-state index in [-0.39, 0.29) is 23.1 Å². The van der Waals surface area contributed by atoms with Crippen molar-refractivity contribution in [3.05, 3.63) is 58.2 Å². The van der Waals surface area contributed by atoms with Crippen LogP contribution in [0.1, 0.15) is 50.5 Å². The summed E-state index contributed by atoms with van der Waals surface area (Å²) in [6, 6.07) is 10.2. The molecule has 3 amide bonds. The SMILES string of the molecule is Cn1c(C(=O)NC2CCCC2O)cc2c3c(c(-c4ccccc4Cl)cc21)C(=O)NC3=O. The zero-order valence-electron chi connectivity index (χ0n) is 16.7. The number of fused-ring (bicyclic) bond motifs is 3. The minimum Gasteiger partial charge on any atom is -0.391 e. The molecule has 5 rings (SSSR count). The number of nitrogens with zero attached hydrogens (tertiary/aromatic N) is 1. The van der Waals surface area contributed by atoms with Gasteiger partial charge in [-0.2, -0.15) is 0 Å². The predicted octanol–water partition coefficient (Wildman–Crippen LogP) is 3.03. The maximum absolute atomic E-state index is 13.0. The Morgan fingerprint density at radius 2 is 1.87 bits per heavy atom. The van der Waals surface area contributed by atoms with Crippen LogP contribution < -0.4 is 10.6 Å². The Bertz CT molecular complexity index is 1280. The van der Waals surface area contributed by atoms with Crippen LogP contribution in [0.15, 0.2) is 36.4 Å². The van der Waals surface area contributed by atoms with Crippen LogP contribution in [-0.4, -0.2) is 39.5 Å². The molecule has 0 radical (unpaired) electrons. The van der Waals surface area contributed by atoms with Gasteiger partial charge < -0.3 is 15.0 Å². The number of aryl methyl sites for hydroxylation is 1. The minimum absolute atomic E-state index is 0.243. The molecule has 0 saturated heterocycles. The number of benzene rings is 2. The molecule has 3 N–H and O–H groups in total. The molecule has 158 valence electrons. The molecule has 2 unspecified atom stereocenters. The Hall–Kier alpha value is -3.16. The molecule has 2 heterocycles. The highest BCUT2D eigenvalue weighted by Crippen LogP contribution is 2.39. The van der Waals surface area contributed by atoms with Crippen molar-refractivity contribution in [1.82, 2.24) is 15.2 Å². The molecule has 1 aromatic heterocycles. The number of rotatable bonds is 3. The summed E-state index contributed by atoms with van der Waals surface area (Å²) in [4.78, 5) is 38.3. The maximum atomic E-state index is 13.0. The summed E-state index contributed by atoms with van der Waals surface area (Å²) < 4.78 is 1.70. The van der Waals surface area contributed by atoms with Gasteiger partial charge in [-0.15, -0.1) is 0 Å². The number of amides is 3. The highest BCUT2D eigenvalue weighted by Gasteiger charge is 2.35. The lowest BCUT2D eigenvalue weighted by molar-refractivity contribution is 0.0860. The third-order valence-electron chi connectivity index (χ3n) is 6.22. The second kappa shape index (κ2) is 7.21. The van der Waals surface area contributed by atoms with E-state index in [1.165, 1.54) is 0 Å². The molecule has 2 atom stereocenters. The zero-order valence-corrected chi connectivity index (χ0v) is 17.5. The molecular weight excluding hydrogens is 418 g/mol. The average Bonchev–Trinajstić information content (AvgIpc) is 3.38. The van der Waals surface area contributed by atoms with E-state index < -0.39 is 17.9 Å². The highest BCUT2D eigenvalue weighted by atomic mass is 35.5. The number of aliphatic hydroxyl groups is 1. The van der Waals surface area contributed by atoms with Crippen molar-refractivity contribution in [2.75, 3.05) is 0 Å². The first kappa shape index (κ1) is 19.8. The molecule has 2 aromatic carbocycles. The zero-order chi connectivity index (χ0) is 21.9. The Kier molecular flexibility index (Phi) is 4.60. The van der Waals surface area contributed by atoms with E-state index in [0.717, 1.165) is 12.8 Å². The molecule has 8 heteroatoms. The normalized spacial score (nSPS) is 20.2. The van der Waals surface area contributed by atoms with Gasteiger partial charge in [0.25, 0.3) is 17.7 Å².